The van der Waals surface area contributed by atoms with Crippen molar-refractivity contribution in [2.75, 3.05) is 26.2 Å². The summed E-state index contributed by atoms with van der Waals surface area (Å²) in [6, 6.07) is 15.5. The van der Waals surface area contributed by atoms with Crippen LogP contribution in [0.5, 0.6) is 0 Å². The molecule has 1 saturated heterocycles. The summed E-state index contributed by atoms with van der Waals surface area (Å²) >= 11 is 7.64. The highest BCUT2D eigenvalue weighted by Crippen LogP contribution is 2.26. The largest absolute Gasteiger partial charge is 0.354 e. The van der Waals surface area contributed by atoms with Gasteiger partial charge in [-0.15, -0.1) is 11.3 Å². The second-order valence-corrected chi connectivity index (χ2v) is 10.9. The first-order valence-corrected chi connectivity index (χ1v) is 13.5. The minimum atomic E-state index is -0.179. The Labute approximate surface area is 216 Å². The topological polar surface area (TPSA) is 74.3 Å². The number of fused-ring (bicyclic) bond motifs is 1. The van der Waals surface area contributed by atoms with E-state index in [2.05, 4.69) is 20.5 Å². The number of amides is 2. The van der Waals surface area contributed by atoms with Crippen LogP contribution in [0, 0.1) is 5.92 Å². The standard InChI is InChI=1S/C27H33ClN4O2S/c1-19(18-32-13-5-6-14-32)27(34)29-17-22(15-20-7-3-2-4-8-20)30-25(33)11-12-26-31-23-10-9-21(28)16-24(23)35-26/h2-4,7-10,16,19,22H,5-6,11-15,17-18H2,1H3,(H,29,34)(H,30,33)/t19?,22-/m0/s1. The molecule has 1 aliphatic rings. The van der Waals surface area contributed by atoms with E-state index in [0.29, 0.717) is 30.8 Å². The highest BCUT2D eigenvalue weighted by Gasteiger charge is 2.21. The maximum absolute atomic E-state index is 12.8. The monoisotopic (exact) mass is 512 g/mol. The fraction of sp³-hybridized carbons (Fsp3) is 0.444. The van der Waals surface area contributed by atoms with Crippen molar-refractivity contribution in [3.63, 3.8) is 0 Å². The number of benzene rings is 2. The number of halogens is 1. The molecule has 186 valence electrons. The van der Waals surface area contributed by atoms with E-state index in [1.165, 1.54) is 12.8 Å². The number of nitrogens with one attached hydrogen (secondary N) is 2. The Morgan fingerprint density at radius 2 is 1.91 bits per heavy atom. The predicted octanol–water partition coefficient (Wildman–Crippen LogP) is 4.46. The van der Waals surface area contributed by atoms with Gasteiger partial charge in [-0.05, 0) is 56.1 Å². The number of likely N-dealkylation sites (tertiary alicyclic amines) is 1. The fourth-order valence-electron chi connectivity index (χ4n) is 4.48. The number of thiazole rings is 1. The van der Waals surface area contributed by atoms with Crippen molar-refractivity contribution in [2.24, 2.45) is 5.92 Å². The molecule has 0 spiro atoms. The minimum Gasteiger partial charge on any atom is -0.354 e. The molecule has 35 heavy (non-hydrogen) atoms. The van der Waals surface area contributed by atoms with Crippen LogP contribution in [0.1, 0.15) is 36.8 Å². The number of rotatable bonds is 11. The Bertz CT molecular complexity index is 1130. The summed E-state index contributed by atoms with van der Waals surface area (Å²) < 4.78 is 1.03. The first-order valence-electron chi connectivity index (χ1n) is 12.3. The van der Waals surface area contributed by atoms with Gasteiger partial charge in [0.05, 0.1) is 21.3 Å². The van der Waals surface area contributed by atoms with Crippen LogP contribution in [0.25, 0.3) is 10.2 Å². The summed E-state index contributed by atoms with van der Waals surface area (Å²) in [6.07, 6.45) is 4.00. The van der Waals surface area contributed by atoms with Gasteiger partial charge in [0, 0.05) is 36.9 Å². The first kappa shape index (κ1) is 25.6. The lowest BCUT2D eigenvalue weighted by molar-refractivity contribution is -0.126. The summed E-state index contributed by atoms with van der Waals surface area (Å²) in [5, 5.41) is 7.82. The van der Waals surface area contributed by atoms with Crippen molar-refractivity contribution in [1.82, 2.24) is 20.5 Å². The number of carbonyl (C=O) groups is 2. The fourth-order valence-corrected chi connectivity index (χ4v) is 5.72. The number of nitrogens with zero attached hydrogens (tertiary/aromatic N) is 2. The zero-order valence-electron chi connectivity index (χ0n) is 20.1. The molecule has 4 rings (SSSR count). The molecule has 2 aromatic carbocycles. The maximum atomic E-state index is 12.8. The van der Waals surface area contributed by atoms with Gasteiger partial charge < -0.3 is 15.5 Å². The van der Waals surface area contributed by atoms with Crippen molar-refractivity contribution >= 4 is 45.0 Å². The van der Waals surface area contributed by atoms with Gasteiger partial charge in [0.2, 0.25) is 11.8 Å². The van der Waals surface area contributed by atoms with E-state index in [1.807, 2.05) is 55.5 Å². The van der Waals surface area contributed by atoms with Crippen LogP contribution in [0.3, 0.4) is 0 Å². The molecular weight excluding hydrogens is 480 g/mol. The molecule has 1 aromatic heterocycles. The molecule has 1 unspecified atom stereocenters. The number of aromatic nitrogens is 1. The van der Waals surface area contributed by atoms with E-state index in [0.717, 1.165) is 40.4 Å². The number of hydrogen-bond acceptors (Lipinski definition) is 5. The summed E-state index contributed by atoms with van der Waals surface area (Å²) in [5.74, 6) is -0.0753. The summed E-state index contributed by atoms with van der Waals surface area (Å²) in [4.78, 5) is 32.5. The highest BCUT2D eigenvalue weighted by molar-refractivity contribution is 7.18. The first-order chi connectivity index (χ1) is 17.0. The Morgan fingerprint density at radius 3 is 2.69 bits per heavy atom. The zero-order valence-corrected chi connectivity index (χ0v) is 21.7. The second kappa shape index (κ2) is 12.5. The Balaban J connectivity index is 1.31. The molecule has 1 fully saturated rings. The van der Waals surface area contributed by atoms with Gasteiger partial charge in [-0.3, -0.25) is 9.59 Å². The van der Waals surface area contributed by atoms with Crippen LogP contribution in [-0.4, -0.2) is 53.9 Å². The lowest BCUT2D eigenvalue weighted by Gasteiger charge is -2.23. The zero-order chi connectivity index (χ0) is 24.6. The van der Waals surface area contributed by atoms with E-state index in [-0.39, 0.29) is 23.8 Å². The lowest BCUT2D eigenvalue weighted by atomic mass is 10.0. The lowest BCUT2D eigenvalue weighted by Crippen LogP contribution is -2.47. The molecule has 2 atom stereocenters. The molecule has 6 nitrogen and oxygen atoms in total. The van der Waals surface area contributed by atoms with Gasteiger partial charge in [-0.1, -0.05) is 48.9 Å². The minimum absolute atomic E-state index is 0.0392. The SMILES string of the molecule is CC(CN1CCCC1)C(=O)NC[C@H](Cc1ccccc1)NC(=O)CCc1nc2ccc(Cl)cc2s1. The van der Waals surface area contributed by atoms with Gasteiger partial charge in [-0.2, -0.15) is 0 Å². The average molecular weight is 513 g/mol. The molecule has 0 aliphatic carbocycles. The number of hydrogen-bond donors (Lipinski definition) is 2. The van der Waals surface area contributed by atoms with Crippen LogP contribution in [0.4, 0.5) is 0 Å². The quantitative estimate of drug-likeness (QED) is 0.398. The van der Waals surface area contributed by atoms with Crippen LogP contribution < -0.4 is 10.6 Å². The van der Waals surface area contributed by atoms with Gasteiger partial charge >= 0.3 is 0 Å². The Morgan fingerprint density at radius 1 is 1.14 bits per heavy atom. The molecule has 3 aromatic rings. The molecule has 0 bridgehead atoms. The smallest absolute Gasteiger partial charge is 0.224 e. The molecule has 2 heterocycles. The summed E-state index contributed by atoms with van der Waals surface area (Å²) in [5.41, 5.74) is 2.03. The van der Waals surface area contributed by atoms with E-state index in [1.54, 1.807) is 11.3 Å². The van der Waals surface area contributed by atoms with Crippen LogP contribution in [0.15, 0.2) is 48.5 Å². The number of aryl methyl sites for hydroxylation is 1. The molecular formula is C27H33ClN4O2S. The normalized spacial score (nSPS) is 15.7. The number of carbonyl (C=O) groups excluding carboxylic acids is 2. The van der Waals surface area contributed by atoms with Gasteiger partial charge in [-0.25, -0.2) is 4.98 Å². The molecule has 0 radical (unpaired) electrons. The van der Waals surface area contributed by atoms with Crippen LogP contribution in [-0.2, 0) is 22.4 Å². The van der Waals surface area contributed by atoms with Gasteiger partial charge in [0.15, 0.2) is 0 Å². The van der Waals surface area contributed by atoms with Crippen LogP contribution in [0.2, 0.25) is 5.02 Å². The van der Waals surface area contributed by atoms with Crippen molar-refractivity contribution in [3.8, 4) is 0 Å². The average Bonchev–Trinajstić information content (AvgIpc) is 3.50. The molecule has 1 aliphatic heterocycles. The third-order valence-electron chi connectivity index (χ3n) is 6.35. The van der Waals surface area contributed by atoms with E-state index >= 15 is 0 Å². The van der Waals surface area contributed by atoms with Crippen molar-refractivity contribution in [3.05, 3.63) is 64.1 Å². The Kier molecular flexibility index (Phi) is 9.12. The maximum Gasteiger partial charge on any atom is 0.224 e. The Hall–Kier alpha value is -2.48. The second-order valence-electron chi connectivity index (χ2n) is 9.33. The molecule has 2 amide bonds. The predicted molar refractivity (Wildman–Crippen MR) is 143 cm³/mol. The van der Waals surface area contributed by atoms with E-state index in [4.69, 9.17) is 11.6 Å². The highest BCUT2D eigenvalue weighted by atomic mass is 35.5. The molecule has 0 saturated carbocycles. The van der Waals surface area contributed by atoms with Gasteiger partial charge in [0.1, 0.15) is 0 Å². The van der Waals surface area contributed by atoms with Gasteiger partial charge in [0.25, 0.3) is 0 Å². The summed E-state index contributed by atoms with van der Waals surface area (Å²) in [7, 11) is 0. The van der Waals surface area contributed by atoms with Crippen LogP contribution >= 0.6 is 22.9 Å². The van der Waals surface area contributed by atoms with Crippen molar-refractivity contribution in [1.29, 1.82) is 0 Å². The van der Waals surface area contributed by atoms with E-state index in [9.17, 15) is 9.59 Å². The van der Waals surface area contributed by atoms with Crippen molar-refractivity contribution in [2.45, 2.75) is 45.1 Å². The van der Waals surface area contributed by atoms with E-state index < -0.39 is 0 Å². The summed E-state index contributed by atoms with van der Waals surface area (Å²) in [6.45, 7) is 5.32. The molecule has 8 heteroatoms. The third kappa shape index (κ3) is 7.75. The van der Waals surface area contributed by atoms with Crippen molar-refractivity contribution < 1.29 is 9.59 Å². The third-order valence-corrected chi connectivity index (χ3v) is 7.66. The molecule has 2 N–H and O–H groups in total.